The summed E-state index contributed by atoms with van der Waals surface area (Å²) in [6, 6.07) is 0.295. The van der Waals surface area contributed by atoms with E-state index in [4.69, 9.17) is 4.74 Å². The molecule has 2 saturated heterocycles. The average Bonchev–Trinajstić information content (AvgIpc) is 2.11. The SMILES string of the molecule is CC(C)(C)OC(=O)N1CC(N2CCNC(=O)C2)C1. The Labute approximate surface area is 107 Å². The predicted octanol–water partition coefficient (Wildman–Crippen LogP) is 0.0375. The Morgan fingerprint density at radius 1 is 1.39 bits per heavy atom. The third-order valence-electron chi connectivity index (χ3n) is 3.10. The number of amides is 2. The van der Waals surface area contributed by atoms with E-state index in [1.165, 1.54) is 0 Å². The van der Waals surface area contributed by atoms with Crippen molar-refractivity contribution in [3.05, 3.63) is 0 Å². The maximum atomic E-state index is 11.7. The van der Waals surface area contributed by atoms with Gasteiger partial charge in [-0.1, -0.05) is 0 Å². The van der Waals surface area contributed by atoms with Gasteiger partial charge in [-0.25, -0.2) is 4.79 Å². The second-order valence-corrected chi connectivity index (χ2v) is 5.86. The van der Waals surface area contributed by atoms with Crippen LogP contribution in [0.4, 0.5) is 4.79 Å². The zero-order chi connectivity index (χ0) is 13.3. The molecule has 0 aliphatic carbocycles. The van der Waals surface area contributed by atoms with E-state index in [1.807, 2.05) is 20.8 Å². The van der Waals surface area contributed by atoms with Crippen LogP contribution in [0.1, 0.15) is 20.8 Å². The molecule has 0 atom stereocenters. The first kappa shape index (κ1) is 13.1. The normalized spacial score (nSPS) is 22.4. The van der Waals surface area contributed by atoms with Gasteiger partial charge in [0.1, 0.15) is 5.60 Å². The van der Waals surface area contributed by atoms with Crippen molar-refractivity contribution in [2.24, 2.45) is 0 Å². The van der Waals surface area contributed by atoms with Gasteiger partial charge in [0.2, 0.25) is 5.91 Å². The summed E-state index contributed by atoms with van der Waals surface area (Å²) < 4.78 is 5.29. The Morgan fingerprint density at radius 2 is 2.06 bits per heavy atom. The standard InChI is InChI=1S/C12H21N3O3/c1-12(2,3)18-11(17)15-6-9(7-15)14-5-4-13-10(16)8-14/h9H,4-8H2,1-3H3,(H,13,16). The zero-order valence-electron chi connectivity index (χ0n) is 11.2. The first-order valence-electron chi connectivity index (χ1n) is 6.34. The van der Waals surface area contributed by atoms with E-state index in [0.717, 1.165) is 6.54 Å². The van der Waals surface area contributed by atoms with Crippen LogP contribution in [0.15, 0.2) is 0 Å². The molecule has 0 aromatic rings. The highest BCUT2D eigenvalue weighted by atomic mass is 16.6. The second kappa shape index (κ2) is 4.76. The summed E-state index contributed by atoms with van der Waals surface area (Å²) in [6.07, 6.45) is -0.264. The summed E-state index contributed by atoms with van der Waals surface area (Å²) >= 11 is 0. The quantitative estimate of drug-likeness (QED) is 0.718. The summed E-state index contributed by atoms with van der Waals surface area (Å²) in [6.45, 7) is 8.88. The van der Waals surface area contributed by atoms with Crippen LogP contribution in [0.2, 0.25) is 0 Å². The third kappa shape index (κ3) is 3.13. The number of hydrogen-bond donors (Lipinski definition) is 1. The van der Waals surface area contributed by atoms with Crippen molar-refractivity contribution in [3.63, 3.8) is 0 Å². The average molecular weight is 255 g/mol. The number of nitrogens with zero attached hydrogens (tertiary/aromatic N) is 2. The molecule has 0 saturated carbocycles. The van der Waals surface area contributed by atoms with Crippen molar-refractivity contribution in [3.8, 4) is 0 Å². The number of carbonyl (C=O) groups is 2. The Morgan fingerprint density at radius 3 is 2.61 bits per heavy atom. The fourth-order valence-electron chi connectivity index (χ4n) is 2.13. The number of ether oxygens (including phenoxy) is 1. The lowest BCUT2D eigenvalue weighted by Crippen LogP contribution is -2.65. The smallest absolute Gasteiger partial charge is 0.410 e. The molecule has 0 unspecified atom stereocenters. The molecule has 18 heavy (non-hydrogen) atoms. The van der Waals surface area contributed by atoms with E-state index in [0.29, 0.717) is 32.2 Å². The van der Waals surface area contributed by atoms with Crippen molar-refractivity contribution in [2.75, 3.05) is 32.7 Å². The Hall–Kier alpha value is -1.30. The summed E-state index contributed by atoms with van der Waals surface area (Å²) in [5.74, 6) is 0.0666. The molecule has 0 radical (unpaired) electrons. The molecule has 2 fully saturated rings. The van der Waals surface area contributed by atoms with Gasteiger partial charge in [0.05, 0.1) is 6.54 Å². The first-order chi connectivity index (χ1) is 8.35. The molecule has 6 nitrogen and oxygen atoms in total. The van der Waals surface area contributed by atoms with Crippen molar-refractivity contribution in [1.29, 1.82) is 0 Å². The molecule has 0 aromatic carbocycles. The van der Waals surface area contributed by atoms with Gasteiger partial charge in [0.25, 0.3) is 0 Å². The maximum absolute atomic E-state index is 11.7. The van der Waals surface area contributed by atoms with E-state index in [1.54, 1.807) is 4.90 Å². The van der Waals surface area contributed by atoms with Gasteiger partial charge in [0, 0.05) is 32.2 Å². The molecule has 2 aliphatic rings. The van der Waals surface area contributed by atoms with Crippen LogP contribution in [0, 0.1) is 0 Å². The second-order valence-electron chi connectivity index (χ2n) is 5.86. The van der Waals surface area contributed by atoms with Crippen LogP contribution in [0.3, 0.4) is 0 Å². The van der Waals surface area contributed by atoms with Gasteiger partial charge < -0.3 is 15.0 Å². The van der Waals surface area contributed by atoms with Gasteiger partial charge in [-0.2, -0.15) is 0 Å². The number of hydrogen-bond acceptors (Lipinski definition) is 4. The molecule has 2 amide bonds. The molecule has 1 N–H and O–H groups in total. The zero-order valence-corrected chi connectivity index (χ0v) is 11.2. The number of piperazine rings is 1. The van der Waals surface area contributed by atoms with E-state index in [-0.39, 0.29) is 12.0 Å². The minimum absolute atomic E-state index is 0.0666. The molecule has 0 spiro atoms. The lowest BCUT2D eigenvalue weighted by Gasteiger charge is -2.46. The topological polar surface area (TPSA) is 61.9 Å². The fourth-order valence-corrected chi connectivity index (χ4v) is 2.13. The van der Waals surface area contributed by atoms with Crippen LogP contribution < -0.4 is 5.32 Å². The monoisotopic (exact) mass is 255 g/mol. The molecule has 6 heteroatoms. The molecule has 2 rings (SSSR count). The molecule has 2 aliphatic heterocycles. The minimum atomic E-state index is -0.451. The maximum Gasteiger partial charge on any atom is 0.410 e. The van der Waals surface area contributed by atoms with Crippen LogP contribution in [-0.2, 0) is 9.53 Å². The lowest BCUT2D eigenvalue weighted by molar-refractivity contribution is -0.126. The van der Waals surface area contributed by atoms with Gasteiger partial charge in [-0.3, -0.25) is 9.69 Å². The Bertz CT molecular complexity index is 345. The lowest BCUT2D eigenvalue weighted by atomic mass is 10.1. The van der Waals surface area contributed by atoms with Crippen molar-refractivity contribution in [2.45, 2.75) is 32.4 Å². The summed E-state index contributed by atoms with van der Waals surface area (Å²) in [5.41, 5.74) is -0.451. The van der Waals surface area contributed by atoms with Crippen LogP contribution >= 0.6 is 0 Å². The number of rotatable bonds is 1. The van der Waals surface area contributed by atoms with Crippen molar-refractivity contribution >= 4 is 12.0 Å². The largest absolute Gasteiger partial charge is 0.444 e. The number of nitrogens with one attached hydrogen (secondary N) is 1. The molecular weight excluding hydrogens is 234 g/mol. The van der Waals surface area contributed by atoms with Crippen LogP contribution in [0.25, 0.3) is 0 Å². The van der Waals surface area contributed by atoms with Gasteiger partial charge >= 0.3 is 6.09 Å². The Kier molecular flexibility index (Phi) is 3.47. The highest BCUT2D eigenvalue weighted by Gasteiger charge is 2.38. The third-order valence-corrected chi connectivity index (χ3v) is 3.10. The van der Waals surface area contributed by atoms with Gasteiger partial charge in [0.15, 0.2) is 0 Å². The van der Waals surface area contributed by atoms with Gasteiger partial charge in [-0.15, -0.1) is 0 Å². The molecule has 0 bridgehead atoms. The molecule has 102 valence electrons. The summed E-state index contributed by atoms with van der Waals surface area (Å²) in [5, 5.41) is 2.79. The van der Waals surface area contributed by atoms with E-state index >= 15 is 0 Å². The van der Waals surface area contributed by atoms with Crippen LogP contribution in [-0.4, -0.2) is 66.2 Å². The van der Waals surface area contributed by atoms with Crippen molar-refractivity contribution < 1.29 is 14.3 Å². The predicted molar refractivity (Wildman–Crippen MR) is 66.2 cm³/mol. The highest BCUT2D eigenvalue weighted by Crippen LogP contribution is 2.19. The fraction of sp³-hybridized carbons (Fsp3) is 0.833. The van der Waals surface area contributed by atoms with Crippen molar-refractivity contribution in [1.82, 2.24) is 15.1 Å². The molecule has 0 aromatic heterocycles. The van der Waals surface area contributed by atoms with E-state index in [2.05, 4.69) is 10.2 Å². The van der Waals surface area contributed by atoms with Gasteiger partial charge in [-0.05, 0) is 20.8 Å². The summed E-state index contributed by atoms with van der Waals surface area (Å²) in [4.78, 5) is 26.8. The minimum Gasteiger partial charge on any atom is -0.444 e. The van der Waals surface area contributed by atoms with E-state index in [9.17, 15) is 9.59 Å². The van der Waals surface area contributed by atoms with Crippen LogP contribution in [0.5, 0.6) is 0 Å². The molecular formula is C12H21N3O3. The highest BCUT2D eigenvalue weighted by molar-refractivity contribution is 5.78. The molecule has 2 heterocycles. The first-order valence-corrected chi connectivity index (χ1v) is 6.34. The number of likely N-dealkylation sites (tertiary alicyclic amines) is 1. The number of carbonyl (C=O) groups excluding carboxylic acids is 2. The Balaban J connectivity index is 1.76. The summed E-state index contributed by atoms with van der Waals surface area (Å²) in [7, 11) is 0. The van der Waals surface area contributed by atoms with E-state index < -0.39 is 5.60 Å².